The van der Waals surface area contributed by atoms with Crippen molar-refractivity contribution in [1.82, 2.24) is 15.1 Å². The highest BCUT2D eigenvalue weighted by Crippen LogP contribution is 2.28. The Balaban J connectivity index is 1.93. The maximum absolute atomic E-state index is 12.7. The summed E-state index contributed by atoms with van der Waals surface area (Å²) in [5, 5.41) is 9.00. The first kappa shape index (κ1) is 16.4. The number of nitrogens with zero attached hydrogens (tertiary/aromatic N) is 2. The van der Waals surface area contributed by atoms with Crippen molar-refractivity contribution < 1.29 is 4.79 Å². The number of benzene rings is 1. The van der Waals surface area contributed by atoms with Gasteiger partial charge in [0.25, 0.3) is 5.56 Å². The molecule has 0 saturated heterocycles. The lowest BCUT2D eigenvalue weighted by Gasteiger charge is -2.16. The molecular weight excluding hydrogens is 302 g/mol. The normalized spacial score (nSPS) is 14.8. The summed E-state index contributed by atoms with van der Waals surface area (Å²) in [4.78, 5) is 24.6. The first-order valence-corrected chi connectivity index (χ1v) is 8.58. The Morgan fingerprint density at radius 1 is 1.29 bits per heavy atom. The van der Waals surface area contributed by atoms with Crippen LogP contribution in [0.4, 0.5) is 0 Å². The lowest BCUT2D eigenvalue weighted by molar-refractivity contribution is -0.121. The van der Waals surface area contributed by atoms with Gasteiger partial charge in [0.1, 0.15) is 0 Å². The van der Waals surface area contributed by atoms with E-state index < -0.39 is 0 Å². The van der Waals surface area contributed by atoms with Crippen molar-refractivity contribution in [3.63, 3.8) is 0 Å². The van der Waals surface area contributed by atoms with Crippen LogP contribution in [0.15, 0.2) is 41.7 Å². The number of fused-ring (bicyclic) bond motifs is 1. The molecule has 1 heterocycles. The van der Waals surface area contributed by atoms with E-state index in [1.165, 1.54) is 0 Å². The van der Waals surface area contributed by atoms with Crippen LogP contribution in [0.5, 0.6) is 0 Å². The molecule has 1 amide bonds. The summed E-state index contributed by atoms with van der Waals surface area (Å²) in [6, 6.07) is 7.68. The van der Waals surface area contributed by atoms with E-state index in [0.29, 0.717) is 24.8 Å². The Morgan fingerprint density at radius 3 is 2.71 bits per heavy atom. The predicted octanol–water partition coefficient (Wildman–Crippen LogP) is 3.09. The zero-order valence-electron chi connectivity index (χ0n) is 13.8. The van der Waals surface area contributed by atoms with E-state index in [0.717, 1.165) is 36.8 Å². The predicted molar refractivity (Wildman–Crippen MR) is 94.8 cm³/mol. The Kier molecular flexibility index (Phi) is 5.08. The molecule has 5 heteroatoms. The summed E-state index contributed by atoms with van der Waals surface area (Å²) < 4.78 is 1.64. The van der Waals surface area contributed by atoms with Gasteiger partial charge in [-0.1, -0.05) is 37.1 Å². The molecule has 1 aromatic carbocycles. The monoisotopic (exact) mass is 325 g/mol. The molecule has 2 aromatic rings. The molecule has 0 bridgehead atoms. The maximum Gasteiger partial charge on any atom is 0.274 e. The zero-order valence-corrected chi connectivity index (χ0v) is 13.8. The summed E-state index contributed by atoms with van der Waals surface area (Å²) in [5.41, 5.74) is 0.725. The Labute approximate surface area is 141 Å². The summed E-state index contributed by atoms with van der Waals surface area (Å²) in [6.07, 6.45) is 7.07. The van der Waals surface area contributed by atoms with E-state index in [2.05, 4.69) is 17.0 Å². The van der Waals surface area contributed by atoms with Gasteiger partial charge in [0, 0.05) is 11.8 Å². The van der Waals surface area contributed by atoms with Crippen molar-refractivity contribution in [3.8, 4) is 0 Å². The fourth-order valence-corrected chi connectivity index (χ4v) is 3.30. The van der Waals surface area contributed by atoms with Gasteiger partial charge in [-0.2, -0.15) is 5.10 Å². The van der Waals surface area contributed by atoms with Crippen LogP contribution in [0.25, 0.3) is 10.8 Å². The van der Waals surface area contributed by atoms with Crippen LogP contribution in [-0.2, 0) is 11.3 Å². The highest BCUT2D eigenvalue weighted by atomic mass is 16.1. The second kappa shape index (κ2) is 7.43. The quantitative estimate of drug-likeness (QED) is 0.830. The number of hydrogen-bond donors (Lipinski definition) is 1. The van der Waals surface area contributed by atoms with Crippen LogP contribution in [-0.4, -0.2) is 15.7 Å². The first-order chi connectivity index (χ1) is 11.7. The molecule has 1 aromatic heterocycles. The third-order valence-electron chi connectivity index (χ3n) is 4.60. The molecule has 3 rings (SSSR count). The molecule has 1 saturated carbocycles. The van der Waals surface area contributed by atoms with Gasteiger partial charge in [0.05, 0.1) is 23.7 Å². The van der Waals surface area contributed by atoms with E-state index in [1.807, 2.05) is 24.3 Å². The highest BCUT2D eigenvalue weighted by molar-refractivity contribution is 5.84. The molecule has 0 radical (unpaired) electrons. The minimum absolute atomic E-state index is 0.0283. The molecule has 0 atom stereocenters. The standard InChI is InChI=1S/C19H23N3O2/c1-2-3-12-18(23)20-13-17-15-10-6-7-11-16(15)19(24)22(21-17)14-8-4-5-9-14/h2,6-7,10-11,14H,1,3-5,8-9,12-13H2,(H,20,23). The number of nitrogens with one attached hydrogen (secondary N) is 1. The molecular formula is C19H23N3O2. The molecule has 1 N–H and O–H groups in total. The average molecular weight is 325 g/mol. The van der Waals surface area contributed by atoms with Crippen LogP contribution in [0, 0.1) is 0 Å². The van der Waals surface area contributed by atoms with E-state index in [4.69, 9.17) is 0 Å². The van der Waals surface area contributed by atoms with Gasteiger partial charge in [-0.25, -0.2) is 4.68 Å². The summed E-state index contributed by atoms with van der Waals surface area (Å²) in [5.74, 6) is -0.0283. The van der Waals surface area contributed by atoms with Crippen LogP contribution in [0.3, 0.4) is 0 Å². The van der Waals surface area contributed by atoms with Crippen LogP contribution in [0.2, 0.25) is 0 Å². The molecule has 5 nitrogen and oxygen atoms in total. The molecule has 126 valence electrons. The zero-order chi connectivity index (χ0) is 16.9. The number of amides is 1. The summed E-state index contributed by atoms with van der Waals surface area (Å²) in [7, 11) is 0. The van der Waals surface area contributed by atoms with Crippen molar-refractivity contribution in [2.45, 2.75) is 51.1 Å². The molecule has 0 spiro atoms. The molecule has 0 unspecified atom stereocenters. The highest BCUT2D eigenvalue weighted by Gasteiger charge is 2.21. The van der Waals surface area contributed by atoms with Gasteiger partial charge in [0.15, 0.2) is 0 Å². The largest absolute Gasteiger partial charge is 0.350 e. The van der Waals surface area contributed by atoms with Crippen molar-refractivity contribution in [3.05, 3.63) is 53.0 Å². The van der Waals surface area contributed by atoms with Gasteiger partial charge in [0.2, 0.25) is 5.91 Å². The van der Waals surface area contributed by atoms with Gasteiger partial charge in [-0.3, -0.25) is 9.59 Å². The molecule has 1 aliphatic carbocycles. The fraction of sp³-hybridized carbons (Fsp3) is 0.421. The van der Waals surface area contributed by atoms with Crippen molar-refractivity contribution in [2.24, 2.45) is 0 Å². The number of carbonyl (C=O) groups excluding carboxylic acids is 1. The Morgan fingerprint density at radius 2 is 2.00 bits per heavy atom. The minimum atomic E-state index is -0.0285. The second-order valence-electron chi connectivity index (χ2n) is 6.28. The van der Waals surface area contributed by atoms with Crippen LogP contribution in [0.1, 0.15) is 50.3 Å². The van der Waals surface area contributed by atoms with Crippen LogP contribution < -0.4 is 10.9 Å². The van der Waals surface area contributed by atoms with Gasteiger partial charge in [-0.05, 0) is 25.3 Å². The number of carbonyl (C=O) groups is 1. The van der Waals surface area contributed by atoms with Crippen molar-refractivity contribution >= 4 is 16.7 Å². The summed E-state index contributed by atoms with van der Waals surface area (Å²) >= 11 is 0. The second-order valence-corrected chi connectivity index (χ2v) is 6.28. The van der Waals surface area contributed by atoms with E-state index in [9.17, 15) is 9.59 Å². The minimum Gasteiger partial charge on any atom is -0.350 e. The summed E-state index contributed by atoms with van der Waals surface area (Å²) in [6.45, 7) is 3.96. The Bertz CT molecular complexity index is 804. The molecule has 0 aliphatic heterocycles. The van der Waals surface area contributed by atoms with E-state index in [-0.39, 0.29) is 17.5 Å². The number of allylic oxidation sites excluding steroid dienone is 1. The maximum atomic E-state index is 12.7. The lowest BCUT2D eigenvalue weighted by Crippen LogP contribution is -2.30. The SMILES string of the molecule is C=CCCC(=O)NCc1nn(C2CCCC2)c(=O)c2ccccc12. The lowest BCUT2D eigenvalue weighted by atomic mass is 10.1. The van der Waals surface area contributed by atoms with Crippen molar-refractivity contribution in [2.75, 3.05) is 0 Å². The van der Waals surface area contributed by atoms with Gasteiger partial charge >= 0.3 is 0 Å². The molecule has 1 fully saturated rings. The third kappa shape index (κ3) is 3.40. The Hall–Kier alpha value is -2.43. The third-order valence-corrected chi connectivity index (χ3v) is 4.60. The first-order valence-electron chi connectivity index (χ1n) is 8.58. The molecule has 24 heavy (non-hydrogen) atoms. The number of rotatable bonds is 6. The molecule has 1 aliphatic rings. The smallest absolute Gasteiger partial charge is 0.274 e. The fourth-order valence-electron chi connectivity index (χ4n) is 3.30. The number of hydrogen-bond acceptors (Lipinski definition) is 3. The van der Waals surface area contributed by atoms with E-state index >= 15 is 0 Å². The average Bonchev–Trinajstić information content (AvgIpc) is 3.14. The number of aromatic nitrogens is 2. The van der Waals surface area contributed by atoms with Crippen molar-refractivity contribution in [1.29, 1.82) is 0 Å². The van der Waals surface area contributed by atoms with Crippen LogP contribution >= 0.6 is 0 Å². The topological polar surface area (TPSA) is 64.0 Å². The van der Waals surface area contributed by atoms with Gasteiger partial charge in [-0.15, -0.1) is 6.58 Å². The van der Waals surface area contributed by atoms with Gasteiger partial charge < -0.3 is 5.32 Å². The van der Waals surface area contributed by atoms with E-state index in [1.54, 1.807) is 10.8 Å².